The lowest BCUT2D eigenvalue weighted by Crippen LogP contribution is -2.30. The summed E-state index contributed by atoms with van der Waals surface area (Å²) >= 11 is 0. The maximum atomic E-state index is 11.7. The number of hydrogen-bond acceptors (Lipinski definition) is 1. The van der Waals surface area contributed by atoms with Gasteiger partial charge in [0, 0.05) is 5.92 Å². The van der Waals surface area contributed by atoms with E-state index in [2.05, 4.69) is 38.2 Å². The predicted molar refractivity (Wildman–Crippen MR) is 72.0 cm³/mol. The zero-order valence-electron chi connectivity index (χ0n) is 11.7. The molecule has 1 amide bonds. The monoisotopic (exact) mass is 233 g/mol. The van der Waals surface area contributed by atoms with Crippen LogP contribution in [-0.2, 0) is 4.79 Å². The molecule has 1 aromatic rings. The summed E-state index contributed by atoms with van der Waals surface area (Å²) < 4.78 is 0. The van der Waals surface area contributed by atoms with Gasteiger partial charge in [0.25, 0.3) is 0 Å². The smallest absolute Gasteiger partial charge is 0.223 e. The highest BCUT2D eigenvalue weighted by Gasteiger charge is 2.14. The van der Waals surface area contributed by atoms with E-state index in [1.54, 1.807) is 0 Å². The van der Waals surface area contributed by atoms with Gasteiger partial charge >= 0.3 is 0 Å². The average molecular weight is 233 g/mol. The number of amides is 1. The molecule has 0 saturated carbocycles. The number of rotatable bonds is 3. The Balaban J connectivity index is 2.93. The van der Waals surface area contributed by atoms with Crippen LogP contribution < -0.4 is 5.32 Å². The van der Waals surface area contributed by atoms with Crippen LogP contribution in [0.4, 0.5) is 0 Å². The fraction of sp³-hybridized carbons (Fsp3) is 0.533. The molecule has 0 saturated heterocycles. The molecular weight excluding hydrogens is 210 g/mol. The third-order valence-electron chi connectivity index (χ3n) is 3.23. The first-order chi connectivity index (χ1) is 7.82. The molecule has 0 bridgehead atoms. The van der Waals surface area contributed by atoms with Crippen LogP contribution in [-0.4, -0.2) is 5.91 Å². The highest BCUT2D eigenvalue weighted by atomic mass is 16.1. The number of carbonyl (C=O) groups excluding carboxylic acids is 1. The van der Waals surface area contributed by atoms with E-state index in [0.717, 1.165) is 0 Å². The van der Waals surface area contributed by atoms with Gasteiger partial charge in [0.05, 0.1) is 6.04 Å². The second-order valence-electron chi connectivity index (χ2n) is 5.18. The minimum absolute atomic E-state index is 0.0318. The van der Waals surface area contributed by atoms with Gasteiger partial charge in [-0.25, -0.2) is 0 Å². The second-order valence-corrected chi connectivity index (χ2v) is 5.18. The van der Waals surface area contributed by atoms with Crippen LogP contribution in [0.3, 0.4) is 0 Å². The summed E-state index contributed by atoms with van der Waals surface area (Å²) in [6.07, 6.45) is 0. The number of nitrogens with one attached hydrogen (secondary N) is 1. The lowest BCUT2D eigenvalue weighted by molar-refractivity contribution is -0.124. The predicted octanol–water partition coefficient (Wildman–Crippen LogP) is 3.45. The van der Waals surface area contributed by atoms with Crippen molar-refractivity contribution < 1.29 is 4.79 Å². The summed E-state index contributed by atoms with van der Waals surface area (Å²) in [6.45, 7) is 12.2. The molecule has 1 aromatic carbocycles. The van der Waals surface area contributed by atoms with Gasteiger partial charge in [0.2, 0.25) is 5.91 Å². The number of carbonyl (C=O) groups is 1. The second kappa shape index (κ2) is 5.35. The molecule has 0 heterocycles. The molecule has 94 valence electrons. The summed E-state index contributed by atoms with van der Waals surface area (Å²) in [5, 5.41) is 3.04. The third kappa shape index (κ3) is 3.32. The van der Waals surface area contributed by atoms with Crippen LogP contribution in [0.25, 0.3) is 0 Å². The first-order valence-electron chi connectivity index (χ1n) is 6.21. The molecule has 0 aromatic heterocycles. The number of hydrogen-bond donors (Lipinski definition) is 1. The van der Waals surface area contributed by atoms with Gasteiger partial charge in [-0.05, 0) is 49.9 Å². The SMILES string of the molecule is Cc1cc(C)c(C(C)NC(=O)C(C)C)cc1C. The zero-order chi connectivity index (χ0) is 13.2. The zero-order valence-corrected chi connectivity index (χ0v) is 11.7. The Morgan fingerprint density at radius 3 is 2.06 bits per heavy atom. The lowest BCUT2D eigenvalue weighted by Gasteiger charge is -2.19. The van der Waals surface area contributed by atoms with Gasteiger partial charge in [0.1, 0.15) is 0 Å². The van der Waals surface area contributed by atoms with Crippen molar-refractivity contribution in [3.05, 3.63) is 34.4 Å². The van der Waals surface area contributed by atoms with Crippen LogP contribution in [0.2, 0.25) is 0 Å². The fourth-order valence-electron chi connectivity index (χ4n) is 1.91. The molecule has 1 N–H and O–H groups in total. The van der Waals surface area contributed by atoms with E-state index in [1.807, 2.05) is 20.8 Å². The van der Waals surface area contributed by atoms with E-state index in [9.17, 15) is 4.79 Å². The Kier molecular flexibility index (Phi) is 4.33. The van der Waals surface area contributed by atoms with Crippen molar-refractivity contribution in [1.29, 1.82) is 0 Å². The Bertz CT molecular complexity index is 421. The van der Waals surface area contributed by atoms with Crippen molar-refractivity contribution >= 4 is 5.91 Å². The van der Waals surface area contributed by atoms with Crippen molar-refractivity contribution in [2.24, 2.45) is 5.92 Å². The molecule has 0 radical (unpaired) electrons. The van der Waals surface area contributed by atoms with Crippen molar-refractivity contribution in [1.82, 2.24) is 5.32 Å². The van der Waals surface area contributed by atoms with Gasteiger partial charge in [-0.2, -0.15) is 0 Å². The molecule has 0 aliphatic heterocycles. The van der Waals surface area contributed by atoms with Crippen molar-refractivity contribution in [2.45, 2.75) is 47.6 Å². The van der Waals surface area contributed by atoms with Crippen LogP contribution in [0.1, 0.15) is 49.1 Å². The van der Waals surface area contributed by atoms with Gasteiger partial charge in [-0.15, -0.1) is 0 Å². The minimum Gasteiger partial charge on any atom is -0.349 e. The maximum absolute atomic E-state index is 11.7. The fourth-order valence-corrected chi connectivity index (χ4v) is 1.91. The minimum atomic E-state index is 0.0318. The Labute approximate surface area is 104 Å². The highest BCUT2D eigenvalue weighted by Crippen LogP contribution is 2.21. The van der Waals surface area contributed by atoms with Crippen molar-refractivity contribution in [3.8, 4) is 0 Å². The van der Waals surface area contributed by atoms with Gasteiger partial charge < -0.3 is 5.32 Å². The average Bonchev–Trinajstić information content (AvgIpc) is 2.22. The summed E-state index contributed by atoms with van der Waals surface area (Å²) in [5.41, 5.74) is 5.02. The molecule has 0 aliphatic carbocycles. The molecule has 1 unspecified atom stereocenters. The molecule has 0 fully saturated rings. The highest BCUT2D eigenvalue weighted by molar-refractivity contribution is 5.78. The Morgan fingerprint density at radius 2 is 1.53 bits per heavy atom. The quantitative estimate of drug-likeness (QED) is 0.851. The molecule has 2 nitrogen and oxygen atoms in total. The van der Waals surface area contributed by atoms with Gasteiger partial charge in [-0.1, -0.05) is 26.0 Å². The maximum Gasteiger partial charge on any atom is 0.223 e. The van der Waals surface area contributed by atoms with E-state index >= 15 is 0 Å². The van der Waals surface area contributed by atoms with Gasteiger partial charge in [-0.3, -0.25) is 4.79 Å². The van der Waals surface area contributed by atoms with Crippen molar-refractivity contribution in [2.75, 3.05) is 0 Å². The van der Waals surface area contributed by atoms with E-state index in [-0.39, 0.29) is 17.9 Å². The van der Waals surface area contributed by atoms with Crippen molar-refractivity contribution in [3.63, 3.8) is 0 Å². The molecule has 17 heavy (non-hydrogen) atoms. The first kappa shape index (κ1) is 13.8. The summed E-state index contributed by atoms with van der Waals surface area (Å²) in [5.74, 6) is 0.138. The molecule has 2 heteroatoms. The van der Waals surface area contributed by atoms with E-state index in [1.165, 1.54) is 22.3 Å². The standard InChI is InChI=1S/C15H23NO/c1-9(2)15(17)16-13(6)14-8-11(4)10(3)7-12(14)5/h7-9,13H,1-6H3,(H,16,17). The summed E-state index contributed by atoms with van der Waals surface area (Å²) in [7, 11) is 0. The van der Waals surface area contributed by atoms with E-state index in [4.69, 9.17) is 0 Å². The molecular formula is C15H23NO. The molecule has 1 atom stereocenters. The van der Waals surface area contributed by atoms with E-state index < -0.39 is 0 Å². The Hall–Kier alpha value is -1.31. The molecule has 1 rings (SSSR count). The molecule has 0 aliphatic rings. The number of aryl methyl sites for hydroxylation is 3. The number of benzene rings is 1. The summed E-state index contributed by atoms with van der Waals surface area (Å²) in [6, 6.07) is 4.43. The lowest BCUT2D eigenvalue weighted by atomic mass is 9.96. The topological polar surface area (TPSA) is 29.1 Å². The first-order valence-corrected chi connectivity index (χ1v) is 6.21. The third-order valence-corrected chi connectivity index (χ3v) is 3.23. The van der Waals surface area contributed by atoms with E-state index in [0.29, 0.717) is 0 Å². The largest absolute Gasteiger partial charge is 0.349 e. The Morgan fingerprint density at radius 1 is 1.00 bits per heavy atom. The van der Waals surface area contributed by atoms with Crippen LogP contribution in [0, 0.1) is 26.7 Å². The van der Waals surface area contributed by atoms with Gasteiger partial charge in [0.15, 0.2) is 0 Å². The molecule has 0 spiro atoms. The van der Waals surface area contributed by atoms with Crippen LogP contribution in [0.15, 0.2) is 12.1 Å². The van der Waals surface area contributed by atoms with Crippen LogP contribution in [0.5, 0.6) is 0 Å². The summed E-state index contributed by atoms with van der Waals surface area (Å²) in [4.78, 5) is 11.7. The normalized spacial score (nSPS) is 12.6. The van der Waals surface area contributed by atoms with Crippen LogP contribution >= 0.6 is 0 Å².